The van der Waals surface area contributed by atoms with Gasteiger partial charge < -0.3 is 4.74 Å². The second-order valence-electron chi connectivity index (χ2n) is 7.21. The molecule has 0 spiro atoms. The van der Waals surface area contributed by atoms with E-state index in [2.05, 4.69) is 56.7 Å². The summed E-state index contributed by atoms with van der Waals surface area (Å²) >= 11 is 5.40. The zero-order valence-electron chi connectivity index (χ0n) is 14.0. The third kappa shape index (κ3) is 2.81. The molecule has 1 fully saturated rings. The lowest BCUT2D eigenvalue weighted by Crippen LogP contribution is -2.45. The highest BCUT2D eigenvalue weighted by Gasteiger charge is 2.43. The maximum absolute atomic E-state index is 6.51. The summed E-state index contributed by atoms with van der Waals surface area (Å²) in [7, 11) is 0. The molecule has 2 aliphatic heterocycles. The van der Waals surface area contributed by atoms with Crippen molar-refractivity contribution in [3.05, 3.63) is 50.6 Å². The number of ether oxygens (including phenoxy) is 1. The zero-order chi connectivity index (χ0) is 16.8. The number of nitrogens with zero attached hydrogens (tertiary/aromatic N) is 2. The van der Waals surface area contributed by atoms with Crippen molar-refractivity contribution in [3.8, 4) is 5.75 Å². The summed E-state index contributed by atoms with van der Waals surface area (Å²) in [6, 6.07) is 11.0. The van der Waals surface area contributed by atoms with Gasteiger partial charge in [-0.2, -0.15) is 5.10 Å². The summed E-state index contributed by atoms with van der Waals surface area (Å²) in [5.41, 5.74) is 2.47. The van der Waals surface area contributed by atoms with Crippen molar-refractivity contribution < 1.29 is 4.74 Å². The van der Waals surface area contributed by atoms with E-state index in [9.17, 15) is 0 Å². The summed E-state index contributed by atoms with van der Waals surface area (Å²) in [5, 5.41) is 9.47. The topological polar surface area (TPSA) is 24.8 Å². The zero-order valence-corrected chi connectivity index (χ0v) is 16.4. The van der Waals surface area contributed by atoms with Crippen molar-refractivity contribution in [3.63, 3.8) is 0 Å². The molecule has 2 atom stereocenters. The normalized spacial score (nSPS) is 26.0. The van der Waals surface area contributed by atoms with Crippen LogP contribution in [-0.2, 0) is 0 Å². The Balaban J connectivity index is 1.55. The van der Waals surface area contributed by atoms with Gasteiger partial charge in [0.1, 0.15) is 5.75 Å². The summed E-state index contributed by atoms with van der Waals surface area (Å²) in [6.45, 7) is 0. The van der Waals surface area contributed by atoms with Crippen molar-refractivity contribution in [1.29, 1.82) is 0 Å². The van der Waals surface area contributed by atoms with Crippen LogP contribution in [0.15, 0.2) is 45.3 Å². The molecule has 0 radical (unpaired) electrons. The Hall–Kier alpha value is -1.33. The molecule has 2 unspecified atom stereocenters. The molecule has 3 heterocycles. The Morgan fingerprint density at radius 2 is 2.04 bits per heavy atom. The van der Waals surface area contributed by atoms with Crippen LogP contribution in [0.4, 0.5) is 0 Å². The minimum atomic E-state index is 0.0800. The van der Waals surface area contributed by atoms with Gasteiger partial charge in [-0.25, -0.2) is 5.01 Å². The van der Waals surface area contributed by atoms with Crippen molar-refractivity contribution in [2.75, 3.05) is 0 Å². The van der Waals surface area contributed by atoms with E-state index in [4.69, 9.17) is 9.84 Å². The lowest BCUT2D eigenvalue weighted by atomic mass is 9.86. The number of benzene rings is 1. The molecule has 1 saturated carbocycles. The lowest BCUT2D eigenvalue weighted by Gasteiger charge is -2.42. The van der Waals surface area contributed by atoms with Gasteiger partial charge in [-0.05, 0) is 42.5 Å². The number of halogens is 1. The van der Waals surface area contributed by atoms with Crippen LogP contribution in [0.2, 0.25) is 0 Å². The molecule has 3 aliphatic rings. The summed E-state index contributed by atoms with van der Waals surface area (Å²) < 4.78 is 7.61. The smallest absolute Gasteiger partial charge is 0.190 e. The minimum absolute atomic E-state index is 0.0800. The maximum Gasteiger partial charge on any atom is 0.190 e. The van der Waals surface area contributed by atoms with Crippen LogP contribution in [0.1, 0.15) is 55.0 Å². The van der Waals surface area contributed by atoms with Crippen LogP contribution in [0.25, 0.3) is 0 Å². The molecule has 0 saturated heterocycles. The first-order valence-corrected chi connectivity index (χ1v) is 10.8. The summed E-state index contributed by atoms with van der Waals surface area (Å²) in [4.78, 5) is 1.29. The quantitative estimate of drug-likeness (QED) is 0.602. The number of thiophene rings is 1. The van der Waals surface area contributed by atoms with Crippen LogP contribution in [0.3, 0.4) is 0 Å². The van der Waals surface area contributed by atoms with Gasteiger partial charge in [0.25, 0.3) is 0 Å². The predicted octanol–water partition coefficient (Wildman–Crippen LogP) is 5.96. The molecular formula is C20H21BrN2OS. The largest absolute Gasteiger partial charge is 0.468 e. The van der Waals surface area contributed by atoms with E-state index < -0.39 is 0 Å². The van der Waals surface area contributed by atoms with Gasteiger partial charge in [0, 0.05) is 22.4 Å². The molecular weight excluding hydrogens is 396 g/mol. The molecule has 0 N–H and O–H groups in total. The first kappa shape index (κ1) is 15.9. The van der Waals surface area contributed by atoms with Gasteiger partial charge in [-0.15, -0.1) is 11.3 Å². The molecule has 5 rings (SSSR count). The summed E-state index contributed by atoms with van der Waals surface area (Å²) in [6.07, 6.45) is 7.55. The molecule has 1 aliphatic carbocycles. The van der Waals surface area contributed by atoms with Gasteiger partial charge in [-0.3, -0.25) is 0 Å². The number of hydrazone groups is 1. The van der Waals surface area contributed by atoms with Crippen molar-refractivity contribution in [2.24, 2.45) is 11.0 Å². The standard InChI is InChI=1S/C20H21BrN2OS/c21-14-8-9-18-15(11-14)17-12-16(19-7-4-10-25-19)22-23(17)20(24-18)13-5-2-1-3-6-13/h4,7-11,13,17,20H,1-3,5-6,12H2. The van der Waals surface area contributed by atoms with Crippen molar-refractivity contribution >= 4 is 33.0 Å². The van der Waals surface area contributed by atoms with Crippen LogP contribution < -0.4 is 4.74 Å². The van der Waals surface area contributed by atoms with Gasteiger partial charge in [0.2, 0.25) is 0 Å². The number of rotatable bonds is 2. The van der Waals surface area contributed by atoms with E-state index in [1.165, 1.54) is 48.3 Å². The maximum atomic E-state index is 6.51. The fourth-order valence-corrected chi connectivity index (χ4v) is 5.51. The Bertz CT molecular complexity index is 798. The van der Waals surface area contributed by atoms with Crippen LogP contribution in [0, 0.1) is 5.92 Å². The van der Waals surface area contributed by atoms with Gasteiger partial charge >= 0.3 is 0 Å². The van der Waals surface area contributed by atoms with Crippen LogP contribution >= 0.6 is 27.3 Å². The molecule has 1 aromatic heterocycles. The molecule has 130 valence electrons. The molecule has 2 aromatic rings. The van der Waals surface area contributed by atoms with E-state index in [0.29, 0.717) is 12.0 Å². The number of hydrogen-bond donors (Lipinski definition) is 0. The molecule has 1 aromatic carbocycles. The van der Waals surface area contributed by atoms with Crippen molar-refractivity contribution in [2.45, 2.75) is 50.8 Å². The average Bonchev–Trinajstić information content (AvgIpc) is 3.31. The fraction of sp³-hybridized carbons (Fsp3) is 0.450. The molecule has 0 amide bonds. The predicted molar refractivity (Wildman–Crippen MR) is 105 cm³/mol. The Kier molecular flexibility index (Phi) is 4.09. The SMILES string of the molecule is Brc1ccc2c(c1)C1CC(c3cccs3)=NN1C(C1CCCCC1)O2. The van der Waals surface area contributed by atoms with Crippen molar-refractivity contribution in [1.82, 2.24) is 5.01 Å². The van der Waals surface area contributed by atoms with E-state index in [1.54, 1.807) is 11.3 Å². The van der Waals surface area contributed by atoms with Gasteiger partial charge in [0.05, 0.1) is 16.6 Å². The number of fused-ring (bicyclic) bond motifs is 3. The van der Waals surface area contributed by atoms with Gasteiger partial charge in [-0.1, -0.05) is 41.3 Å². The molecule has 25 heavy (non-hydrogen) atoms. The first-order chi connectivity index (χ1) is 12.3. The number of hydrogen-bond acceptors (Lipinski definition) is 4. The third-order valence-electron chi connectivity index (χ3n) is 5.64. The molecule has 3 nitrogen and oxygen atoms in total. The van der Waals surface area contributed by atoms with E-state index in [1.807, 2.05) is 0 Å². The third-order valence-corrected chi connectivity index (χ3v) is 7.05. The van der Waals surface area contributed by atoms with E-state index >= 15 is 0 Å². The van der Waals surface area contributed by atoms with Crippen LogP contribution in [-0.4, -0.2) is 16.9 Å². The summed E-state index contributed by atoms with van der Waals surface area (Å²) in [5.74, 6) is 1.63. The highest BCUT2D eigenvalue weighted by atomic mass is 79.9. The Morgan fingerprint density at radius 1 is 1.16 bits per heavy atom. The van der Waals surface area contributed by atoms with Gasteiger partial charge in [0.15, 0.2) is 6.23 Å². The molecule has 0 bridgehead atoms. The second kappa shape index (κ2) is 6.44. The lowest BCUT2D eigenvalue weighted by molar-refractivity contribution is -0.0644. The highest BCUT2D eigenvalue weighted by Crippen LogP contribution is 2.47. The Labute approximate surface area is 160 Å². The van der Waals surface area contributed by atoms with Crippen LogP contribution in [0.5, 0.6) is 5.75 Å². The van der Waals surface area contributed by atoms with E-state index in [0.717, 1.165) is 16.6 Å². The fourth-order valence-electron chi connectivity index (χ4n) is 4.41. The monoisotopic (exact) mass is 416 g/mol. The highest BCUT2D eigenvalue weighted by molar-refractivity contribution is 9.10. The van der Waals surface area contributed by atoms with E-state index in [-0.39, 0.29) is 6.23 Å². The Morgan fingerprint density at radius 3 is 2.84 bits per heavy atom. The first-order valence-electron chi connectivity index (χ1n) is 9.15. The average molecular weight is 417 g/mol. The minimum Gasteiger partial charge on any atom is -0.468 e. The molecule has 5 heteroatoms. The second-order valence-corrected chi connectivity index (χ2v) is 9.08.